The molecule has 0 saturated carbocycles. The standard InChI is InChI=1S/C18H16N2O4S/c1-21-14-4-3-10(5-13(14)19)12-8-20-25-18(12)11-6-15(22-2)17-16(7-11)23-9-24-17/h3-8H,9,19H2,1-2H3/p+1. The largest absolute Gasteiger partial charge is 0.495 e. The average molecular weight is 357 g/mol. The molecule has 2 heterocycles. The number of anilines is 1. The number of rotatable bonds is 4. The SMILES string of the molecule is COc1ccc(-c2c[nH+]sc2-c2cc(OC)c3c(c2)OCO3)cc1N. The Labute approximate surface area is 148 Å². The Morgan fingerprint density at radius 1 is 1.04 bits per heavy atom. The molecule has 0 saturated heterocycles. The normalized spacial score (nSPS) is 12.2. The van der Waals surface area contributed by atoms with Crippen molar-refractivity contribution in [2.24, 2.45) is 0 Å². The molecule has 0 spiro atoms. The maximum absolute atomic E-state index is 6.06. The van der Waals surface area contributed by atoms with Crippen molar-refractivity contribution >= 4 is 17.2 Å². The van der Waals surface area contributed by atoms with Crippen LogP contribution in [-0.4, -0.2) is 21.0 Å². The summed E-state index contributed by atoms with van der Waals surface area (Å²) in [5.41, 5.74) is 9.68. The predicted molar refractivity (Wildman–Crippen MR) is 95.4 cm³/mol. The highest BCUT2D eigenvalue weighted by Crippen LogP contribution is 2.46. The van der Waals surface area contributed by atoms with E-state index in [9.17, 15) is 0 Å². The number of fused-ring (bicyclic) bond motifs is 1. The highest BCUT2D eigenvalue weighted by Gasteiger charge is 2.24. The van der Waals surface area contributed by atoms with E-state index in [0.717, 1.165) is 21.6 Å². The molecule has 3 aromatic rings. The van der Waals surface area contributed by atoms with Crippen molar-refractivity contribution in [1.82, 2.24) is 0 Å². The summed E-state index contributed by atoms with van der Waals surface area (Å²) in [5, 5.41) is 0. The van der Waals surface area contributed by atoms with Crippen LogP contribution in [0.3, 0.4) is 0 Å². The van der Waals surface area contributed by atoms with Crippen molar-refractivity contribution in [3.8, 4) is 44.6 Å². The van der Waals surface area contributed by atoms with Crippen molar-refractivity contribution in [1.29, 1.82) is 0 Å². The summed E-state index contributed by atoms with van der Waals surface area (Å²) < 4.78 is 24.9. The van der Waals surface area contributed by atoms with Crippen LogP contribution in [0.25, 0.3) is 21.6 Å². The smallest absolute Gasteiger partial charge is 0.231 e. The van der Waals surface area contributed by atoms with Crippen LogP contribution >= 0.6 is 11.5 Å². The van der Waals surface area contributed by atoms with Gasteiger partial charge in [0.15, 0.2) is 17.7 Å². The third-order valence-corrected chi connectivity index (χ3v) is 4.97. The van der Waals surface area contributed by atoms with Crippen LogP contribution in [0.1, 0.15) is 0 Å². The van der Waals surface area contributed by atoms with Gasteiger partial charge in [0.25, 0.3) is 0 Å². The summed E-state index contributed by atoms with van der Waals surface area (Å²) in [7, 11) is 3.22. The van der Waals surface area contributed by atoms with Gasteiger partial charge in [-0.15, -0.1) is 0 Å². The van der Waals surface area contributed by atoms with E-state index in [4.69, 9.17) is 24.7 Å². The van der Waals surface area contributed by atoms with Gasteiger partial charge in [0.05, 0.1) is 25.5 Å². The molecule has 6 nitrogen and oxygen atoms in total. The molecule has 0 aliphatic carbocycles. The van der Waals surface area contributed by atoms with E-state index in [2.05, 4.69) is 4.37 Å². The molecule has 2 aromatic carbocycles. The van der Waals surface area contributed by atoms with Gasteiger partial charge in [0.2, 0.25) is 12.5 Å². The van der Waals surface area contributed by atoms with Crippen molar-refractivity contribution in [3.05, 3.63) is 36.5 Å². The highest BCUT2D eigenvalue weighted by molar-refractivity contribution is 7.06. The molecular formula is C18H17N2O4S+. The first-order valence-corrected chi connectivity index (χ1v) is 8.44. The molecule has 25 heavy (non-hydrogen) atoms. The fourth-order valence-corrected chi connectivity index (χ4v) is 3.68. The maximum atomic E-state index is 6.06. The number of nitrogens with one attached hydrogen (secondary N) is 1. The van der Waals surface area contributed by atoms with Gasteiger partial charge < -0.3 is 24.7 Å². The van der Waals surface area contributed by atoms with Gasteiger partial charge in [0.1, 0.15) is 22.2 Å². The van der Waals surface area contributed by atoms with E-state index < -0.39 is 0 Å². The van der Waals surface area contributed by atoms with Crippen LogP contribution in [0, 0.1) is 0 Å². The topological polar surface area (TPSA) is 77.1 Å². The van der Waals surface area contributed by atoms with Crippen LogP contribution in [0.5, 0.6) is 23.0 Å². The number of aromatic amines is 1. The molecule has 1 aliphatic rings. The first kappa shape index (κ1) is 15.6. The molecule has 3 N–H and O–H groups in total. The van der Waals surface area contributed by atoms with Gasteiger partial charge in [-0.2, -0.15) is 4.37 Å². The van der Waals surface area contributed by atoms with Crippen LogP contribution < -0.4 is 29.1 Å². The number of hydrogen-bond acceptors (Lipinski definition) is 6. The van der Waals surface area contributed by atoms with Crippen molar-refractivity contribution < 1.29 is 23.3 Å². The lowest BCUT2D eigenvalue weighted by Gasteiger charge is -2.09. The van der Waals surface area contributed by atoms with Gasteiger partial charge >= 0.3 is 0 Å². The van der Waals surface area contributed by atoms with Crippen LogP contribution in [-0.2, 0) is 0 Å². The lowest BCUT2D eigenvalue weighted by Crippen LogP contribution is -1.93. The molecule has 4 rings (SSSR count). The quantitative estimate of drug-likeness (QED) is 0.726. The lowest BCUT2D eigenvalue weighted by molar-refractivity contribution is -0.288. The van der Waals surface area contributed by atoms with Crippen LogP contribution in [0.4, 0.5) is 5.69 Å². The molecule has 0 unspecified atom stereocenters. The summed E-state index contributed by atoms with van der Waals surface area (Å²) in [6, 6.07) is 9.66. The summed E-state index contributed by atoms with van der Waals surface area (Å²) >= 11 is 1.53. The van der Waals surface area contributed by atoms with Gasteiger partial charge in [-0.1, -0.05) is 6.07 Å². The monoisotopic (exact) mass is 357 g/mol. The van der Waals surface area contributed by atoms with Gasteiger partial charge in [-0.25, -0.2) is 0 Å². The zero-order valence-corrected chi connectivity index (χ0v) is 14.6. The van der Waals surface area contributed by atoms with E-state index in [-0.39, 0.29) is 6.79 Å². The molecule has 7 heteroatoms. The minimum absolute atomic E-state index is 0.202. The molecule has 0 radical (unpaired) electrons. The summed E-state index contributed by atoms with van der Waals surface area (Å²) in [5.74, 6) is 2.64. The van der Waals surface area contributed by atoms with Gasteiger partial charge in [-0.05, 0) is 29.8 Å². The number of hydrogen-bond donors (Lipinski definition) is 1. The highest BCUT2D eigenvalue weighted by atomic mass is 32.1. The van der Waals surface area contributed by atoms with Gasteiger partial charge in [0, 0.05) is 5.56 Å². The Morgan fingerprint density at radius 3 is 2.64 bits per heavy atom. The fourth-order valence-electron chi connectivity index (χ4n) is 2.86. The predicted octanol–water partition coefficient (Wildman–Crippen LogP) is 3.22. The van der Waals surface area contributed by atoms with Crippen molar-refractivity contribution in [3.63, 3.8) is 0 Å². The number of benzene rings is 2. The van der Waals surface area contributed by atoms with Crippen LogP contribution in [0.2, 0.25) is 0 Å². The average Bonchev–Trinajstić information content (AvgIpc) is 3.29. The van der Waals surface area contributed by atoms with Crippen LogP contribution in [0.15, 0.2) is 36.5 Å². The third-order valence-electron chi connectivity index (χ3n) is 4.07. The summed E-state index contributed by atoms with van der Waals surface area (Å²) in [4.78, 5) is 1.06. The Morgan fingerprint density at radius 2 is 1.88 bits per heavy atom. The fraction of sp³-hybridized carbons (Fsp3) is 0.167. The number of ether oxygens (including phenoxy) is 4. The van der Waals surface area contributed by atoms with E-state index in [1.54, 1.807) is 14.2 Å². The zero-order chi connectivity index (χ0) is 17.4. The molecule has 1 aliphatic heterocycles. The molecule has 128 valence electrons. The molecular weight excluding hydrogens is 340 g/mol. The molecule has 0 amide bonds. The summed E-state index contributed by atoms with van der Waals surface area (Å²) in [6.45, 7) is 0.202. The number of nitrogens with two attached hydrogens (primary N) is 1. The minimum atomic E-state index is 0.202. The maximum Gasteiger partial charge on any atom is 0.231 e. The first-order chi connectivity index (χ1) is 12.2. The molecule has 0 atom stereocenters. The molecule has 1 aromatic heterocycles. The second kappa shape index (κ2) is 6.18. The number of nitrogen functional groups attached to an aromatic ring is 1. The van der Waals surface area contributed by atoms with Crippen molar-refractivity contribution in [2.75, 3.05) is 26.7 Å². The lowest BCUT2D eigenvalue weighted by atomic mass is 10.0. The Balaban J connectivity index is 1.82. The number of methoxy groups -OCH3 is 2. The third kappa shape index (κ3) is 2.62. The van der Waals surface area contributed by atoms with E-state index in [1.807, 2.05) is 36.5 Å². The minimum Gasteiger partial charge on any atom is -0.495 e. The number of H-pyrrole nitrogens is 1. The second-order valence-corrected chi connectivity index (χ2v) is 6.32. The Hall–Kier alpha value is -2.93. The Kier molecular flexibility index (Phi) is 3.85. The van der Waals surface area contributed by atoms with Gasteiger partial charge in [-0.3, -0.25) is 0 Å². The van der Waals surface area contributed by atoms with Crippen molar-refractivity contribution in [2.45, 2.75) is 0 Å². The summed E-state index contributed by atoms with van der Waals surface area (Å²) in [6.07, 6.45) is 1.96. The molecule has 0 fully saturated rings. The zero-order valence-electron chi connectivity index (χ0n) is 13.8. The number of aromatic nitrogens is 1. The molecule has 0 bridgehead atoms. The van der Waals surface area contributed by atoms with E-state index >= 15 is 0 Å². The van der Waals surface area contributed by atoms with E-state index in [1.165, 1.54) is 11.5 Å². The first-order valence-electron chi connectivity index (χ1n) is 7.63. The van der Waals surface area contributed by atoms with E-state index in [0.29, 0.717) is 28.7 Å². The Bertz CT molecular complexity index is 939. The second-order valence-electron chi connectivity index (χ2n) is 5.48.